The summed E-state index contributed by atoms with van der Waals surface area (Å²) in [6, 6.07) is 9.08. The SMILES string of the molecule is Cc1ccc(Cc2ncc(CNC(C)C)[nH]2)cc1. The molecule has 3 nitrogen and oxygen atoms in total. The van der Waals surface area contributed by atoms with Crippen LogP contribution in [0.5, 0.6) is 0 Å². The summed E-state index contributed by atoms with van der Waals surface area (Å²) in [5, 5.41) is 3.38. The molecule has 1 aromatic heterocycles. The molecule has 1 aromatic carbocycles. The van der Waals surface area contributed by atoms with Crippen molar-refractivity contribution in [2.75, 3.05) is 0 Å². The minimum absolute atomic E-state index is 0.494. The number of aromatic nitrogens is 2. The fraction of sp³-hybridized carbons (Fsp3) is 0.400. The van der Waals surface area contributed by atoms with Crippen LogP contribution >= 0.6 is 0 Å². The maximum absolute atomic E-state index is 4.42. The van der Waals surface area contributed by atoms with Crippen molar-refractivity contribution in [1.82, 2.24) is 15.3 Å². The van der Waals surface area contributed by atoms with E-state index in [1.54, 1.807) is 0 Å². The molecule has 0 amide bonds. The number of aromatic amines is 1. The fourth-order valence-corrected chi connectivity index (χ4v) is 1.80. The first kappa shape index (κ1) is 12.8. The molecule has 0 unspecified atom stereocenters. The van der Waals surface area contributed by atoms with E-state index in [-0.39, 0.29) is 0 Å². The topological polar surface area (TPSA) is 40.7 Å². The van der Waals surface area contributed by atoms with Crippen LogP contribution in [0, 0.1) is 6.92 Å². The van der Waals surface area contributed by atoms with Crippen molar-refractivity contribution in [1.29, 1.82) is 0 Å². The lowest BCUT2D eigenvalue weighted by atomic mass is 10.1. The van der Waals surface area contributed by atoms with Crippen molar-refractivity contribution in [3.8, 4) is 0 Å². The zero-order valence-corrected chi connectivity index (χ0v) is 11.3. The van der Waals surface area contributed by atoms with Crippen LogP contribution in [-0.2, 0) is 13.0 Å². The molecule has 0 fully saturated rings. The van der Waals surface area contributed by atoms with E-state index in [2.05, 4.69) is 60.3 Å². The van der Waals surface area contributed by atoms with Gasteiger partial charge in [0, 0.05) is 30.9 Å². The molecule has 0 atom stereocenters. The van der Waals surface area contributed by atoms with E-state index in [1.165, 1.54) is 11.1 Å². The predicted octanol–water partition coefficient (Wildman–Crippen LogP) is 2.81. The number of hydrogen-bond donors (Lipinski definition) is 2. The van der Waals surface area contributed by atoms with Crippen LogP contribution in [0.2, 0.25) is 0 Å². The average Bonchev–Trinajstić information content (AvgIpc) is 2.77. The number of rotatable bonds is 5. The van der Waals surface area contributed by atoms with Crippen LogP contribution in [-0.4, -0.2) is 16.0 Å². The van der Waals surface area contributed by atoms with Gasteiger partial charge in [-0.15, -0.1) is 0 Å². The summed E-state index contributed by atoms with van der Waals surface area (Å²) in [5.74, 6) is 1.03. The fourth-order valence-electron chi connectivity index (χ4n) is 1.80. The van der Waals surface area contributed by atoms with Gasteiger partial charge in [0.25, 0.3) is 0 Å². The minimum atomic E-state index is 0.494. The highest BCUT2D eigenvalue weighted by atomic mass is 15.0. The molecule has 0 aliphatic heterocycles. The van der Waals surface area contributed by atoms with Gasteiger partial charge in [-0.3, -0.25) is 0 Å². The summed E-state index contributed by atoms with van der Waals surface area (Å²) in [5.41, 5.74) is 3.73. The lowest BCUT2D eigenvalue weighted by molar-refractivity contribution is 0.582. The van der Waals surface area contributed by atoms with Gasteiger partial charge in [0.05, 0.1) is 0 Å². The van der Waals surface area contributed by atoms with Gasteiger partial charge < -0.3 is 10.3 Å². The Balaban J connectivity index is 1.95. The lowest BCUT2D eigenvalue weighted by Crippen LogP contribution is -2.21. The van der Waals surface area contributed by atoms with Gasteiger partial charge in [0.1, 0.15) is 5.82 Å². The summed E-state index contributed by atoms with van der Waals surface area (Å²) in [6.07, 6.45) is 2.78. The Kier molecular flexibility index (Phi) is 4.15. The third-order valence-electron chi connectivity index (χ3n) is 2.87. The normalized spacial score (nSPS) is 11.1. The Morgan fingerprint density at radius 1 is 1.22 bits per heavy atom. The summed E-state index contributed by atoms with van der Waals surface area (Å²) in [7, 11) is 0. The zero-order valence-electron chi connectivity index (χ0n) is 11.3. The molecule has 2 rings (SSSR count). The van der Waals surface area contributed by atoms with E-state index < -0.39 is 0 Å². The summed E-state index contributed by atoms with van der Waals surface area (Å²) < 4.78 is 0. The van der Waals surface area contributed by atoms with E-state index >= 15 is 0 Å². The lowest BCUT2D eigenvalue weighted by Gasteiger charge is -2.05. The standard InChI is InChI=1S/C15H21N3/c1-11(2)16-9-14-10-17-15(18-14)8-13-6-4-12(3)5-7-13/h4-7,10-11,16H,8-9H2,1-3H3,(H,17,18). The van der Waals surface area contributed by atoms with Gasteiger partial charge in [-0.1, -0.05) is 43.7 Å². The summed E-state index contributed by atoms with van der Waals surface area (Å²) >= 11 is 0. The second-order valence-electron chi connectivity index (χ2n) is 5.05. The maximum atomic E-state index is 4.42. The first-order chi connectivity index (χ1) is 8.63. The molecular formula is C15H21N3. The number of nitrogens with zero attached hydrogens (tertiary/aromatic N) is 1. The van der Waals surface area contributed by atoms with Crippen molar-refractivity contribution >= 4 is 0 Å². The molecule has 0 spiro atoms. The highest BCUT2D eigenvalue weighted by Crippen LogP contribution is 2.08. The number of benzene rings is 1. The van der Waals surface area contributed by atoms with Gasteiger partial charge >= 0.3 is 0 Å². The number of imidazole rings is 1. The van der Waals surface area contributed by atoms with Crippen molar-refractivity contribution in [3.05, 3.63) is 53.1 Å². The molecule has 96 valence electrons. The Morgan fingerprint density at radius 3 is 2.61 bits per heavy atom. The van der Waals surface area contributed by atoms with Crippen LogP contribution in [0.3, 0.4) is 0 Å². The largest absolute Gasteiger partial charge is 0.345 e. The smallest absolute Gasteiger partial charge is 0.110 e. The molecule has 1 heterocycles. The molecule has 2 N–H and O–H groups in total. The van der Waals surface area contributed by atoms with E-state index in [1.807, 2.05) is 6.20 Å². The van der Waals surface area contributed by atoms with Crippen LogP contribution in [0.25, 0.3) is 0 Å². The van der Waals surface area contributed by atoms with Crippen LogP contribution < -0.4 is 5.32 Å². The minimum Gasteiger partial charge on any atom is -0.345 e. The van der Waals surface area contributed by atoms with Gasteiger partial charge in [0.2, 0.25) is 0 Å². The van der Waals surface area contributed by atoms with Gasteiger partial charge in [0.15, 0.2) is 0 Å². The molecule has 0 saturated carbocycles. The molecule has 3 heteroatoms. The van der Waals surface area contributed by atoms with E-state index in [0.717, 1.165) is 24.5 Å². The molecular weight excluding hydrogens is 222 g/mol. The Bertz CT molecular complexity index is 483. The monoisotopic (exact) mass is 243 g/mol. The molecule has 0 radical (unpaired) electrons. The molecule has 0 aliphatic rings. The number of aryl methyl sites for hydroxylation is 1. The van der Waals surface area contributed by atoms with Crippen LogP contribution in [0.1, 0.15) is 36.5 Å². The van der Waals surface area contributed by atoms with Crippen molar-refractivity contribution in [2.45, 2.75) is 39.8 Å². The van der Waals surface area contributed by atoms with Crippen LogP contribution in [0.4, 0.5) is 0 Å². The maximum Gasteiger partial charge on any atom is 0.110 e. The Labute approximate surface area is 109 Å². The number of H-pyrrole nitrogens is 1. The van der Waals surface area contributed by atoms with Crippen LogP contribution in [0.15, 0.2) is 30.5 Å². The molecule has 0 bridgehead atoms. The van der Waals surface area contributed by atoms with Crippen molar-refractivity contribution in [2.24, 2.45) is 0 Å². The number of nitrogens with one attached hydrogen (secondary N) is 2. The molecule has 0 saturated heterocycles. The molecule has 2 aromatic rings. The van der Waals surface area contributed by atoms with Crippen molar-refractivity contribution in [3.63, 3.8) is 0 Å². The third kappa shape index (κ3) is 3.70. The van der Waals surface area contributed by atoms with E-state index in [0.29, 0.717) is 6.04 Å². The van der Waals surface area contributed by atoms with Gasteiger partial charge in [-0.25, -0.2) is 4.98 Å². The average molecular weight is 243 g/mol. The molecule has 0 aliphatic carbocycles. The Morgan fingerprint density at radius 2 is 1.94 bits per heavy atom. The quantitative estimate of drug-likeness (QED) is 0.847. The highest BCUT2D eigenvalue weighted by Gasteiger charge is 2.02. The van der Waals surface area contributed by atoms with Gasteiger partial charge in [-0.2, -0.15) is 0 Å². The highest BCUT2D eigenvalue weighted by molar-refractivity contribution is 5.24. The molecule has 18 heavy (non-hydrogen) atoms. The predicted molar refractivity (Wildman–Crippen MR) is 74.5 cm³/mol. The van der Waals surface area contributed by atoms with E-state index in [4.69, 9.17) is 0 Å². The van der Waals surface area contributed by atoms with E-state index in [9.17, 15) is 0 Å². The third-order valence-corrected chi connectivity index (χ3v) is 2.87. The zero-order chi connectivity index (χ0) is 13.0. The number of hydrogen-bond acceptors (Lipinski definition) is 2. The second-order valence-corrected chi connectivity index (χ2v) is 5.05. The second kappa shape index (κ2) is 5.83. The Hall–Kier alpha value is -1.61. The summed E-state index contributed by atoms with van der Waals surface area (Å²) in [4.78, 5) is 7.77. The first-order valence-corrected chi connectivity index (χ1v) is 6.45. The summed E-state index contributed by atoms with van der Waals surface area (Å²) in [6.45, 7) is 7.23. The van der Waals surface area contributed by atoms with Gasteiger partial charge in [-0.05, 0) is 12.5 Å². The first-order valence-electron chi connectivity index (χ1n) is 6.45. The van der Waals surface area contributed by atoms with Crippen molar-refractivity contribution < 1.29 is 0 Å².